The molecule has 4 aliphatic carbocycles. The first-order chi connectivity index (χ1) is 44.3. The van der Waals surface area contributed by atoms with Crippen molar-refractivity contribution in [1.29, 1.82) is 0 Å². The van der Waals surface area contributed by atoms with Gasteiger partial charge in [-0.25, -0.2) is 0 Å². The van der Waals surface area contributed by atoms with E-state index in [2.05, 4.69) is 284 Å². The zero-order chi connectivity index (χ0) is 85.5. The minimum Gasteiger partial charge on any atom is -0.384 e. The summed E-state index contributed by atoms with van der Waals surface area (Å²) in [5.41, 5.74) is 4.49. The molecule has 0 heterocycles. The lowest BCUT2D eigenvalue weighted by atomic mass is 9.56. The van der Waals surface area contributed by atoms with Gasteiger partial charge in [0.25, 0.3) is 0 Å². The van der Waals surface area contributed by atoms with Gasteiger partial charge in [0.05, 0.1) is 0 Å². The maximum atomic E-state index is 12.2. The van der Waals surface area contributed by atoms with E-state index in [4.69, 9.17) is 4.74 Å². The number of hydrogen-bond donors (Lipinski definition) is 0. The SMILES string of the molecule is CC(=O)[C@@H](C(C)(C)C)C(F)(F)F.CC(=O)[C@@H](C)C(C)(C)C.CC(=O)[C@H](C(C)(C)C)C(F)(F)F.CC(C(C)(C)C)C(C)(C)C.CC(C)(C)C1(C)CC1.CC(C)(C)C1(C)CC1.CC(C)(C)C1(C)CCC1.CC(C)[C@@H](C)C(C)(C)C.CC[C@@H](C)C(C)(C)C.COC[C@@H](C)C(C)(C)C.C[C@H](C1CC1)C(C)(C)C. The Morgan fingerprint density at radius 2 is 0.631 bits per heavy atom. The van der Waals surface area contributed by atoms with E-state index in [0.29, 0.717) is 70.9 Å². The molecule has 0 radical (unpaired) electrons. The molecule has 4 aliphatic rings. The molecule has 0 saturated heterocycles. The molecule has 0 aliphatic heterocycles. The van der Waals surface area contributed by atoms with Crippen LogP contribution < -0.4 is 0 Å². The van der Waals surface area contributed by atoms with Gasteiger partial charge >= 0.3 is 12.4 Å². The van der Waals surface area contributed by atoms with Crippen molar-refractivity contribution in [3.63, 3.8) is 0 Å². The van der Waals surface area contributed by atoms with Crippen LogP contribution >= 0.6 is 0 Å². The largest absolute Gasteiger partial charge is 0.399 e. The Bertz CT molecular complexity index is 2130. The van der Waals surface area contributed by atoms with Crippen molar-refractivity contribution >= 4 is 17.3 Å². The number of carbonyl (C=O) groups excluding carboxylic acids is 3. The van der Waals surface area contributed by atoms with E-state index in [0.717, 1.165) is 56.0 Å². The van der Waals surface area contributed by atoms with Gasteiger partial charge in [0.2, 0.25) is 0 Å². The molecule has 0 aromatic carbocycles. The minimum atomic E-state index is -4.43. The molecule has 0 bridgehead atoms. The van der Waals surface area contributed by atoms with E-state index >= 15 is 0 Å². The maximum Gasteiger partial charge on any atom is 0.399 e. The zero-order valence-corrected chi connectivity index (χ0v) is 79.5. The molecule has 0 N–H and O–H groups in total. The number of ether oxygens (including phenoxy) is 1. The third-order valence-electron chi connectivity index (χ3n) is 25.6. The van der Waals surface area contributed by atoms with Crippen LogP contribution in [-0.2, 0) is 19.1 Å². The maximum absolute atomic E-state index is 12.2. The monoisotopic (exact) mass is 1480 g/mol. The van der Waals surface area contributed by atoms with E-state index in [1.165, 1.54) is 106 Å². The quantitative estimate of drug-likeness (QED) is 0.227. The summed E-state index contributed by atoms with van der Waals surface area (Å²) in [4.78, 5) is 32.2. The van der Waals surface area contributed by atoms with Crippen LogP contribution in [0.3, 0.4) is 0 Å². The summed E-state index contributed by atoms with van der Waals surface area (Å²) >= 11 is 0. The number of Topliss-reactive ketones (excluding diaryl/α,β-unsaturated/α-hetero) is 3. The predicted octanol–water partition coefficient (Wildman–Crippen LogP) is 32.3. The molecule has 0 spiro atoms. The molecular weight excluding hydrogens is 1300 g/mol. The second-order valence-electron chi connectivity index (χ2n) is 46.6. The number of hydrogen-bond acceptors (Lipinski definition) is 4. The molecule has 4 saturated carbocycles. The highest BCUT2D eigenvalue weighted by atomic mass is 19.4. The molecule has 626 valence electrons. The van der Waals surface area contributed by atoms with E-state index in [1.807, 2.05) is 6.92 Å². The first-order valence-electron chi connectivity index (χ1n) is 40.5. The summed E-state index contributed by atoms with van der Waals surface area (Å²) in [7, 11) is 1.75. The lowest BCUT2D eigenvalue weighted by Gasteiger charge is -2.49. The van der Waals surface area contributed by atoms with Crippen molar-refractivity contribution in [1.82, 2.24) is 0 Å². The summed E-state index contributed by atoms with van der Waals surface area (Å²) in [5.74, 6) is 0.968. The summed E-state index contributed by atoms with van der Waals surface area (Å²) in [6.07, 6.45) is 5.51. The van der Waals surface area contributed by atoms with Crippen LogP contribution in [0.25, 0.3) is 0 Å². The van der Waals surface area contributed by atoms with Crippen molar-refractivity contribution in [2.24, 2.45) is 140 Å². The Morgan fingerprint density at radius 1 is 0.369 bits per heavy atom. The fourth-order valence-electron chi connectivity index (χ4n) is 11.3. The van der Waals surface area contributed by atoms with Gasteiger partial charge in [-0.05, 0) is 195 Å². The summed E-state index contributed by atoms with van der Waals surface area (Å²) < 4.78 is 78.5. The van der Waals surface area contributed by atoms with Crippen molar-refractivity contribution in [2.75, 3.05) is 13.7 Å². The van der Waals surface area contributed by atoms with Crippen molar-refractivity contribution in [2.45, 2.75) is 430 Å². The summed E-state index contributed by atoms with van der Waals surface area (Å²) in [5, 5.41) is 0. The van der Waals surface area contributed by atoms with Gasteiger partial charge in [0, 0.05) is 19.6 Å². The number of alkyl halides is 6. The van der Waals surface area contributed by atoms with E-state index in [9.17, 15) is 40.7 Å². The fraction of sp³-hybridized carbons (Fsp3) is 0.968. The van der Waals surface area contributed by atoms with Crippen LogP contribution in [-0.4, -0.2) is 43.4 Å². The van der Waals surface area contributed by atoms with E-state index in [-0.39, 0.29) is 17.1 Å². The zero-order valence-electron chi connectivity index (χ0n) is 79.5. The van der Waals surface area contributed by atoms with Gasteiger partial charge < -0.3 is 4.74 Å². The second-order valence-corrected chi connectivity index (χ2v) is 46.6. The van der Waals surface area contributed by atoms with Gasteiger partial charge in [0.15, 0.2) is 0 Å². The van der Waals surface area contributed by atoms with Gasteiger partial charge in [-0.15, -0.1) is 0 Å². The summed E-state index contributed by atoms with van der Waals surface area (Å²) in [6, 6.07) is 0. The Labute approximate surface area is 643 Å². The smallest absolute Gasteiger partial charge is 0.384 e. The van der Waals surface area contributed by atoms with Crippen LogP contribution in [0.5, 0.6) is 0 Å². The van der Waals surface area contributed by atoms with Gasteiger partial charge in [-0.2, -0.15) is 26.3 Å². The molecule has 10 heteroatoms. The third kappa shape index (κ3) is 51.6. The molecule has 0 amide bonds. The van der Waals surface area contributed by atoms with Crippen molar-refractivity contribution in [3.05, 3.63) is 0 Å². The predicted molar refractivity (Wildman–Crippen MR) is 446 cm³/mol. The standard InChI is InChI=1S/C10H22.2C9H18.C9H20.2C8H13F3O.C8H18O.C8H16O.2C8H16.C8H18/c1-8(9(2,3)4)10(5,6)7;1-8(2,3)9(4)6-5-7-9;1-7(8-5-6-8)9(2,3)4;1-7(2)8(3)9(4,5)6;2*1-5(12)6(7(2,3)4)8(9,10)11;1-7(6-9-5)8(2,3)4;1-6(7(2)9)8(3,4)5;2*1-7(2,3)8(4)5-6-8;1-6-7(2)8(3,4)5/h8H,1-7H3;5-7H2,1-4H3;7-8H,5-6H2,1-4H3;7-8H,1-6H3;2*6H,1-4H3;7H,6H2,1-5H3;6H,1-5H3;2*5-6H2,1-4H3;7H,6H2,1-5H3/t;;7-;8-;2*6-;7-;6-;;;7-/m..111011..1/s1. The van der Waals surface area contributed by atoms with E-state index in [1.54, 1.807) is 14.0 Å². The number of ketones is 3. The highest BCUT2D eigenvalue weighted by Gasteiger charge is 2.52. The number of carbonyl (C=O) groups is 3. The minimum absolute atomic E-state index is 0.131. The molecule has 0 unspecified atom stereocenters. The molecular formula is C93H188F6O4. The number of halogens is 6. The molecule has 4 fully saturated rings. The number of rotatable bonds is 8. The Morgan fingerprint density at radius 3 is 0.650 bits per heavy atom. The van der Waals surface area contributed by atoms with Gasteiger partial charge in [-0.1, -0.05) is 345 Å². The van der Waals surface area contributed by atoms with Crippen molar-refractivity contribution in [3.8, 4) is 0 Å². The van der Waals surface area contributed by atoms with Gasteiger partial charge in [-0.3, -0.25) is 14.4 Å². The van der Waals surface area contributed by atoms with E-state index < -0.39 is 46.6 Å². The number of methoxy groups -OCH3 is 1. The Balaban J connectivity index is -0.000000197. The average molecular weight is 1480 g/mol. The molecule has 0 aromatic heterocycles. The highest BCUT2D eigenvalue weighted by Crippen LogP contribution is 2.59. The molecule has 4 nitrogen and oxygen atoms in total. The first kappa shape index (κ1) is 115. The lowest BCUT2D eigenvalue weighted by molar-refractivity contribution is -0.201. The van der Waals surface area contributed by atoms with Crippen LogP contribution in [0.4, 0.5) is 26.3 Å². The fourth-order valence-corrected chi connectivity index (χ4v) is 11.3. The summed E-state index contributed by atoms with van der Waals surface area (Å²) in [6.45, 7) is 109. The topological polar surface area (TPSA) is 60.4 Å². The van der Waals surface area contributed by atoms with Crippen LogP contribution in [0, 0.1) is 140 Å². The Kier molecular flexibility index (Phi) is 48.4. The highest BCUT2D eigenvalue weighted by molar-refractivity contribution is 5.80. The Hall–Kier alpha value is -1.45. The van der Waals surface area contributed by atoms with Gasteiger partial charge in [0.1, 0.15) is 29.2 Å². The molecule has 4 rings (SSSR count). The molecule has 0 aromatic rings. The van der Waals surface area contributed by atoms with Crippen LogP contribution in [0.1, 0.15) is 417 Å². The third-order valence-corrected chi connectivity index (χ3v) is 25.6. The van der Waals surface area contributed by atoms with Crippen LogP contribution in [0.2, 0.25) is 0 Å². The molecule has 7 atom stereocenters. The second kappa shape index (κ2) is 43.4. The lowest BCUT2D eigenvalue weighted by Crippen LogP contribution is -2.39. The van der Waals surface area contributed by atoms with Crippen molar-refractivity contribution < 1.29 is 45.5 Å². The first-order valence-corrected chi connectivity index (χ1v) is 40.5. The van der Waals surface area contributed by atoms with Crippen LogP contribution in [0.15, 0.2) is 0 Å². The normalized spacial score (nSPS) is 18.8. The molecule has 103 heavy (non-hydrogen) atoms. The average Bonchev–Trinajstić information content (AvgIpc) is 1.71.